The molecule has 1 aromatic heterocycles. The molecule has 4 rings (SSSR count). The average Bonchev–Trinajstić information content (AvgIpc) is 3.29. The van der Waals surface area contributed by atoms with Gasteiger partial charge in [-0.1, -0.05) is 11.2 Å². The number of hydrogen-bond acceptors (Lipinski definition) is 5. The molecule has 0 unspecified atom stereocenters. The second-order valence-electron chi connectivity index (χ2n) is 5.81. The van der Waals surface area contributed by atoms with Gasteiger partial charge in [0.15, 0.2) is 6.61 Å². The van der Waals surface area contributed by atoms with Crippen LogP contribution >= 0.6 is 0 Å². The van der Waals surface area contributed by atoms with Crippen LogP contribution in [-0.4, -0.2) is 17.3 Å². The largest absolute Gasteiger partial charge is 0.497 e. The van der Waals surface area contributed by atoms with Crippen LogP contribution in [0.2, 0.25) is 0 Å². The van der Waals surface area contributed by atoms with E-state index in [0.29, 0.717) is 11.7 Å². The highest BCUT2D eigenvalue weighted by Crippen LogP contribution is 2.26. The van der Waals surface area contributed by atoms with Crippen molar-refractivity contribution in [2.24, 2.45) is 0 Å². The van der Waals surface area contributed by atoms with E-state index in [1.54, 1.807) is 7.11 Å². The van der Waals surface area contributed by atoms with E-state index in [1.807, 2.05) is 30.3 Å². The van der Waals surface area contributed by atoms with E-state index < -0.39 is 0 Å². The molecule has 2 aromatic carbocycles. The lowest BCUT2D eigenvalue weighted by Crippen LogP contribution is -1.96. The Morgan fingerprint density at radius 1 is 1.00 bits per heavy atom. The highest BCUT2D eigenvalue weighted by atomic mass is 16.5. The fraction of sp³-hybridized carbons (Fsp3) is 0.263. The maximum absolute atomic E-state index is 5.79. The second-order valence-corrected chi connectivity index (χ2v) is 5.81. The van der Waals surface area contributed by atoms with Gasteiger partial charge in [-0.25, -0.2) is 0 Å². The van der Waals surface area contributed by atoms with E-state index in [9.17, 15) is 0 Å². The molecule has 1 heterocycles. The first-order chi connectivity index (χ1) is 11.8. The zero-order chi connectivity index (χ0) is 16.4. The molecule has 0 saturated carbocycles. The topological polar surface area (TPSA) is 57.4 Å². The molecule has 3 aromatic rings. The number of methoxy groups -OCH3 is 1. The van der Waals surface area contributed by atoms with E-state index in [2.05, 4.69) is 22.3 Å². The monoisotopic (exact) mass is 322 g/mol. The molecular formula is C19H18N2O3. The van der Waals surface area contributed by atoms with E-state index in [4.69, 9.17) is 14.0 Å². The Balaban J connectivity index is 1.43. The van der Waals surface area contributed by atoms with Gasteiger partial charge in [-0.2, -0.15) is 4.98 Å². The molecule has 122 valence electrons. The number of benzene rings is 2. The Labute approximate surface area is 140 Å². The van der Waals surface area contributed by atoms with Gasteiger partial charge < -0.3 is 14.0 Å². The molecule has 24 heavy (non-hydrogen) atoms. The first-order valence-electron chi connectivity index (χ1n) is 8.03. The molecular weight excluding hydrogens is 304 g/mol. The molecule has 0 amide bonds. The van der Waals surface area contributed by atoms with Crippen molar-refractivity contribution in [3.8, 4) is 22.9 Å². The molecule has 0 radical (unpaired) electrons. The Bertz CT molecular complexity index is 840. The fourth-order valence-corrected chi connectivity index (χ4v) is 2.95. The van der Waals surface area contributed by atoms with Crippen LogP contribution in [0.25, 0.3) is 11.4 Å². The fourth-order valence-electron chi connectivity index (χ4n) is 2.95. The van der Waals surface area contributed by atoms with Crippen molar-refractivity contribution < 1.29 is 14.0 Å². The predicted molar refractivity (Wildman–Crippen MR) is 89.1 cm³/mol. The van der Waals surface area contributed by atoms with Crippen molar-refractivity contribution in [2.45, 2.75) is 25.9 Å². The molecule has 0 atom stereocenters. The van der Waals surface area contributed by atoms with E-state index in [1.165, 1.54) is 24.0 Å². The summed E-state index contributed by atoms with van der Waals surface area (Å²) in [6, 6.07) is 13.8. The van der Waals surface area contributed by atoms with Crippen molar-refractivity contribution in [2.75, 3.05) is 7.11 Å². The van der Waals surface area contributed by atoms with Crippen LogP contribution in [-0.2, 0) is 19.4 Å². The summed E-state index contributed by atoms with van der Waals surface area (Å²) in [6.45, 7) is 0.266. The van der Waals surface area contributed by atoms with Crippen LogP contribution < -0.4 is 9.47 Å². The summed E-state index contributed by atoms with van der Waals surface area (Å²) < 4.78 is 16.2. The minimum atomic E-state index is 0.266. The lowest BCUT2D eigenvalue weighted by molar-refractivity contribution is 0.243. The Morgan fingerprint density at radius 2 is 1.79 bits per heavy atom. The van der Waals surface area contributed by atoms with E-state index >= 15 is 0 Å². The maximum atomic E-state index is 5.79. The van der Waals surface area contributed by atoms with Crippen LogP contribution in [0.3, 0.4) is 0 Å². The second kappa shape index (κ2) is 6.35. The zero-order valence-electron chi connectivity index (χ0n) is 13.5. The van der Waals surface area contributed by atoms with Crippen molar-refractivity contribution in [3.05, 3.63) is 59.5 Å². The lowest BCUT2D eigenvalue weighted by Gasteiger charge is -2.05. The summed E-state index contributed by atoms with van der Waals surface area (Å²) in [7, 11) is 1.64. The number of rotatable bonds is 5. The van der Waals surface area contributed by atoms with Crippen molar-refractivity contribution >= 4 is 0 Å². The van der Waals surface area contributed by atoms with E-state index in [-0.39, 0.29) is 6.61 Å². The van der Waals surface area contributed by atoms with Gasteiger partial charge in [0.2, 0.25) is 5.82 Å². The quantitative estimate of drug-likeness (QED) is 0.715. The van der Waals surface area contributed by atoms with Gasteiger partial charge in [-0.05, 0) is 66.8 Å². The minimum Gasteiger partial charge on any atom is -0.497 e. The summed E-state index contributed by atoms with van der Waals surface area (Å²) in [4.78, 5) is 4.38. The zero-order valence-corrected chi connectivity index (χ0v) is 13.5. The third kappa shape index (κ3) is 2.97. The van der Waals surface area contributed by atoms with Gasteiger partial charge in [-0.15, -0.1) is 0 Å². The van der Waals surface area contributed by atoms with E-state index in [0.717, 1.165) is 23.5 Å². The smallest absolute Gasteiger partial charge is 0.264 e. The lowest BCUT2D eigenvalue weighted by atomic mass is 10.1. The first kappa shape index (κ1) is 14.8. The van der Waals surface area contributed by atoms with Gasteiger partial charge in [-0.3, -0.25) is 0 Å². The highest BCUT2D eigenvalue weighted by molar-refractivity contribution is 5.55. The Hall–Kier alpha value is -2.82. The SMILES string of the molecule is COc1ccc(-c2noc(COc3ccc4c(c3)CCC4)n2)cc1. The number of aryl methyl sites for hydroxylation is 2. The van der Waals surface area contributed by atoms with Gasteiger partial charge in [0.25, 0.3) is 5.89 Å². The minimum absolute atomic E-state index is 0.266. The molecule has 0 fully saturated rings. The molecule has 0 spiro atoms. The summed E-state index contributed by atoms with van der Waals surface area (Å²) >= 11 is 0. The standard InChI is InChI=1S/C19H18N2O3/c1-22-16-8-6-14(7-9-16)19-20-18(24-21-19)12-23-17-10-5-13-3-2-4-15(13)11-17/h5-11H,2-4,12H2,1H3. The van der Waals surface area contributed by atoms with Gasteiger partial charge >= 0.3 is 0 Å². The highest BCUT2D eigenvalue weighted by Gasteiger charge is 2.13. The molecule has 1 aliphatic carbocycles. The van der Waals surface area contributed by atoms with Crippen LogP contribution in [0, 0.1) is 0 Å². The molecule has 0 bridgehead atoms. The average molecular weight is 322 g/mol. The molecule has 5 nitrogen and oxygen atoms in total. The number of fused-ring (bicyclic) bond motifs is 1. The van der Waals surface area contributed by atoms with Gasteiger partial charge in [0.1, 0.15) is 11.5 Å². The van der Waals surface area contributed by atoms with Crippen molar-refractivity contribution in [1.82, 2.24) is 10.1 Å². The molecule has 5 heteroatoms. The third-order valence-corrected chi connectivity index (χ3v) is 4.25. The predicted octanol–water partition coefficient (Wildman–Crippen LogP) is 3.81. The van der Waals surface area contributed by atoms with Gasteiger partial charge in [0.05, 0.1) is 7.11 Å². The van der Waals surface area contributed by atoms with Crippen molar-refractivity contribution in [3.63, 3.8) is 0 Å². The number of ether oxygens (including phenoxy) is 2. The van der Waals surface area contributed by atoms with Crippen LogP contribution in [0.4, 0.5) is 0 Å². The molecule has 0 aliphatic heterocycles. The van der Waals surface area contributed by atoms with Crippen molar-refractivity contribution in [1.29, 1.82) is 0 Å². The summed E-state index contributed by atoms with van der Waals surface area (Å²) in [5.41, 5.74) is 3.70. The Kier molecular flexibility index (Phi) is 3.91. The van der Waals surface area contributed by atoms with Crippen LogP contribution in [0.5, 0.6) is 11.5 Å². The third-order valence-electron chi connectivity index (χ3n) is 4.25. The summed E-state index contributed by atoms with van der Waals surface area (Å²) in [5.74, 6) is 2.65. The van der Waals surface area contributed by atoms with Crippen LogP contribution in [0.15, 0.2) is 47.0 Å². The number of hydrogen-bond donors (Lipinski definition) is 0. The van der Waals surface area contributed by atoms with Crippen LogP contribution in [0.1, 0.15) is 23.4 Å². The Morgan fingerprint density at radius 3 is 2.62 bits per heavy atom. The molecule has 1 aliphatic rings. The maximum Gasteiger partial charge on any atom is 0.264 e. The number of aromatic nitrogens is 2. The first-order valence-corrected chi connectivity index (χ1v) is 8.03. The summed E-state index contributed by atoms with van der Waals surface area (Å²) in [5, 5.41) is 4.01. The van der Waals surface area contributed by atoms with Gasteiger partial charge in [0, 0.05) is 5.56 Å². The summed E-state index contributed by atoms with van der Waals surface area (Å²) in [6.07, 6.45) is 3.53. The number of nitrogens with zero attached hydrogens (tertiary/aromatic N) is 2. The molecule has 0 N–H and O–H groups in total. The normalized spacial score (nSPS) is 12.9. The molecule has 0 saturated heterocycles.